The molecule has 1 fully saturated rings. The highest BCUT2D eigenvalue weighted by Crippen LogP contribution is 2.34. The highest BCUT2D eigenvalue weighted by molar-refractivity contribution is 7.79. The van der Waals surface area contributed by atoms with Crippen molar-refractivity contribution >= 4 is 11.1 Å². The summed E-state index contributed by atoms with van der Waals surface area (Å²) in [6, 6.07) is -0.00713. The topological polar surface area (TPSA) is 71.0 Å². The van der Waals surface area contributed by atoms with Crippen molar-refractivity contribution in [3.8, 4) is 0 Å². The third kappa shape index (κ3) is 4.44. The van der Waals surface area contributed by atoms with Crippen molar-refractivity contribution < 1.29 is 18.5 Å². The summed E-state index contributed by atoms with van der Waals surface area (Å²) in [7, 11) is 0. The minimum Gasteiger partial charge on any atom is -0.292 e. The van der Waals surface area contributed by atoms with Crippen LogP contribution in [0.5, 0.6) is 0 Å². The van der Waals surface area contributed by atoms with Gasteiger partial charge in [0.15, 0.2) is 11.1 Å². The van der Waals surface area contributed by atoms with Crippen molar-refractivity contribution in [2.45, 2.75) is 32.7 Å². The zero-order valence-corrected chi connectivity index (χ0v) is 10.7. The summed E-state index contributed by atoms with van der Waals surface area (Å²) in [5, 5.41) is 10.1. The Morgan fingerprint density at radius 2 is 2.31 bits per heavy atom. The van der Waals surface area contributed by atoms with E-state index in [0.29, 0.717) is 6.54 Å². The van der Waals surface area contributed by atoms with Gasteiger partial charge in [0.25, 0.3) is 0 Å². The van der Waals surface area contributed by atoms with Gasteiger partial charge >= 0.3 is 0 Å². The minimum absolute atomic E-state index is 0.00713. The van der Waals surface area contributed by atoms with Gasteiger partial charge in [-0.3, -0.25) is 10.0 Å². The predicted octanol–water partition coefficient (Wildman–Crippen LogP) is 0.612. The van der Waals surface area contributed by atoms with Crippen molar-refractivity contribution in [1.82, 2.24) is 10.7 Å². The molecular weight excluding hydrogens is 232 g/mol. The lowest BCUT2D eigenvalue weighted by atomic mass is 9.80. The number of nitrogens with zero attached hydrogens (tertiary/aromatic N) is 1. The lowest BCUT2D eigenvalue weighted by molar-refractivity contribution is -0.187. The molecule has 0 radical (unpaired) electrons. The van der Waals surface area contributed by atoms with Gasteiger partial charge < -0.3 is 0 Å². The van der Waals surface area contributed by atoms with Crippen molar-refractivity contribution in [2.75, 3.05) is 19.4 Å². The zero-order valence-electron chi connectivity index (χ0n) is 9.93. The van der Waals surface area contributed by atoms with Crippen LogP contribution in [0.25, 0.3) is 0 Å². The van der Waals surface area contributed by atoms with E-state index in [1.54, 1.807) is 10.7 Å². The summed E-state index contributed by atoms with van der Waals surface area (Å²) >= 11 is -1.33. The SMILES string of the molecule is CS(=O)ON1CCC(C)(C)CC1CONO. The number of hydroxylamine groups is 2. The van der Waals surface area contributed by atoms with E-state index >= 15 is 0 Å². The first-order valence-electron chi connectivity index (χ1n) is 5.24. The molecule has 96 valence electrons. The highest BCUT2D eigenvalue weighted by atomic mass is 32.2. The van der Waals surface area contributed by atoms with Gasteiger partial charge in [0.1, 0.15) is 0 Å². The Morgan fingerprint density at radius 1 is 1.62 bits per heavy atom. The first kappa shape index (κ1) is 14.0. The van der Waals surface area contributed by atoms with Crippen LogP contribution in [0.15, 0.2) is 0 Å². The number of nitrogens with one attached hydrogen (secondary N) is 1. The first-order valence-corrected chi connectivity index (χ1v) is 6.72. The molecule has 0 aromatic heterocycles. The summed E-state index contributed by atoms with van der Waals surface area (Å²) in [5.41, 5.74) is 1.87. The van der Waals surface area contributed by atoms with Crippen molar-refractivity contribution in [3.05, 3.63) is 0 Å². The Bertz CT molecular complexity index is 250. The monoisotopic (exact) mass is 252 g/mol. The quantitative estimate of drug-likeness (QED) is 0.699. The van der Waals surface area contributed by atoms with Crippen LogP contribution in [0.2, 0.25) is 0 Å². The fourth-order valence-electron chi connectivity index (χ4n) is 1.95. The maximum absolute atomic E-state index is 11.0. The molecule has 2 unspecified atom stereocenters. The molecule has 0 amide bonds. The second-order valence-corrected chi connectivity index (χ2v) is 5.74. The van der Waals surface area contributed by atoms with E-state index in [9.17, 15) is 4.21 Å². The van der Waals surface area contributed by atoms with Gasteiger partial charge in [0.05, 0.1) is 12.6 Å². The van der Waals surface area contributed by atoms with Crippen LogP contribution in [-0.4, -0.2) is 39.9 Å². The lowest BCUT2D eigenvalue weighted by Gasteiger charge is -2.41. The maximum Gasteiger partial charge on any atom is 0.170 e. The molecular formula is C9H20N2O4S. The molecule has 1 aliphatic heterocycles. The molecule has 16 heavy (non-hydrogen) atoms. The van der Waals surface area contributed by atoms with E-state index in [1.807, 2.05) is 0 Å². The third-order valence-corrected chi connectivity index (χ3v) is 3.15. The molecule has 0 aromatic rings. The maximum atomic E-state index is 11.0. The molecule has 2 atom stereocenters. The van der Waals surface area contributed by atoms with Gasteiger partial charge in [-0.2, -0.15) is 9.35 Å². The molecule has 2 N–H and O–H groups in total. The smallest absolute Gasteiger partial charge is 0.170 e. The fraction of sp³-hybridized carbons (Fsp3) is 1.00. The zero-order chi connectivity index (χ0) is 12.2. The van der Waals surface area contributed by atoms with Crippen LogP contribution in [0.4, 0.5) is 0 Å². The van der Waals surface area contributed by atoms with Crippen LogP contribution < -0.4 is 5.64 Å². The molecule has 6 nitrogen and oxygen atoms in total. The standard InChI is InChI=1S/C9H20N2O4S/c1-9(2)4-5-11(15-16(3)13)8(6-9)7-14-10-12/h8,10,12H,4-7H2,1-3H3. The summed E-state index contributed by atoms with van der Waals surface area (Å²) in [5.74, 6) is 0. The van der Waals surface area contributed by atoms with Crippen LogP contribution >= 0.6 is 0 Å². The number of hydrogen-bond acceptors (Lipinski definition) is 6. The van der Waals surface area contributed by atoms with Gasteiger partial charge in [-0.1, -0.05) is 19.5 Å². The van der Waals surface area contributed by atoms with Crippen molar-refractivity contribution in [1.29, 1.82) is 0 Å². The second-order valence-electron chi connectivity index (χ2n) is 4.79. The minimum atomic E-state index is -1.33. The Hall–Kier alpha value is -0.0500. The van der Waals surface area contributed by atoms with E-state index < -0.39 is 11.1 Å². The van der Waals surface area contributed by atoms with E-state index in [0.717, 1.165) is 12.8 Å². The third-order valence-electron chi connectivity index (χ3n) is 2.75. The molecule has 0 bridgehead atoms. The predicted molar refractivity (Wildman–Crippen MR) is 59.5 cm³/mol. The summed E-state index contributed by atoms with van der Waals surface area (Å²) in [6.07, 6.45) is 3.33. The molecule has 1 aliphatic rings. The summed E-state index contributed by atoms with van der Waals surface area (Å²) in [6.45, 7) is 5.35. The average Bonchev–Trinajstić information content (AvgIpc) is 2.17. The first-order chi connectivity index (χ1) is 7.44. The van der Waals surface area contributed by atoms with Gasteiger partial charge in [0.2, 0.25) is 0 Å². The average molecular weight is 252 g/mol. The Labute approximate surface area is 98.4 Å². The molecule has 1 rings (SSSR count). The lowest BCUT2D eigenvalue weighted by Crippen LogP contribution is -2.48. The number of piperidine rings is 1. The molecule has 1 heterocycles. The second kappa shape index (κ2) is 6.04. The van der Waals surface area contributed by atoms with Gasteiger partial charge in [-0.25, -0.2) is 4.21 Å². The number of rotatable bonds is 5. The largest absolute Gasteiger partial charge is 0.292 e. The summed E-state index contributed by atoms with van der Waals surface area (Å²) < 4.78 is 16.2. The van der Waals surface area contributed by atoms with E-state index in [4.69, 9.17) is 14.3 Å². The van der Waals surface area contributed by atoms with Crippen molar-refractivity contribution in [3.63, 3.8) is 0 Å². The van der Waals surface area contributed by atoms with Gasteiger partial charge in [0, 0.05) is 12.8 Å². The Morgan fingerprint density at radius 3 is 2.88 bits per heavy atom. The molecule has 0 aliphatic carbocycles. The van der Waals surface area contributed by atoms with Crippen LogP contribution in [-0.2, 0) is 20.2 Å². The van der Waals surface area contributed by atoms with Crippen LogP contribution in [0, 0.1) is 5.41 Å². The molecule has 0 spiro atoms. The van der Waals surface area contributed by atoms with E-state index in [2.05, 4.69) is 13.8 Å². The van der Waals surface area contributed by atoms with Crippen LogP contribution in [0.3, 0.4) is 0 Å². The summed E-state index contributed by atoms with van der Waals surface area (Å²) in [4.78, 5) is 4.76. The fourth-order valence-corrected chi connectivity index (χ4v) is 2.41. The normalized spacial score (nSPS) is 27.9. The molecule has 0 saturated carbocycles. The van der Waals surface area contributed by atoms with Gasteiger partial charge in [-0.05, 0) is 18.3 Å². The Kier molecular flexibility index (Phi) is 5.29. The van der Waals surface area contributed by atoms with Crippen molar-refractivity contribution in [2.24, 2.45) is 5.41 Å². The molecule has 0 aromatic carbocycles. The number of hydrogen-bond donors (Lipinski definition) is 2. The van der Waals surface area contributed by atoms with Crippen LogP contribution in [0.1, 0.15) is 26.7 Å². The molecule has 7 heteroatoms. The Balaban J connectivity index is 2.56. The van der Waals surface area contributed by atoms with Gasteiger partial charge in [-0.15, -0.1) is 0 Å². The molecule has 1 saturated heterocycles. The highest BCUT2D eigenvalue weighted by Gasteiger charge is 2.34. The van der Waals surface area contributed by atoms with E-state index in [1.165, 1.54) is 6.26 Å². The van der Waals surface area contributed by atoms with E-state index in [-0.39, 0.29) is 18.1 Å².